The van der Waals surface area contributed by atoms with Gasteiger partial charge in [0.1, 0.15) is 4.88 Å². The Kier molecular flexibility index (Phi) is 3.70. The van der Waals surface area contributed by atoms with E-state index in [4.69, 9.17) is 4.74 Å². The molecule has 0 spiro atoms. The zero-order valence-electron chi connectivity index (χ0n) is 11.0. The molecule has 0 aliphatic rings. The molecule has 0 aliphatic carbocycles. The average molecular weight is 300 g/mol. The minimum atomic E-state index is -0.492. The number of esters is 1. The maximum absolute atomic E-state index is 12.1. The van der Waals surface area contributed by atoms with Crippen LogP contribution < -0.4 is 0 Å². The fourth-order valence-corrected chi connectivity index (χ4v) is 2.71. The second-order valence-electron chi connectivity index (χ2n) is 4.31. The third-order valence-corrected chi connectivity index (χ3v) is 3.83. The van der Waals surface area contributed by atoms with Crippen molar-refractivity contribution in [3.05, 3.63) is 64.9 Å². The summed E-state index contributed by atoms with van der Waals surface area (Å²) < 4.78 is 6.93. The molecule has 0 saturated carbocycles. The summed E-state index contributed by atoms with van der Waals surface area (Å²) >= 11 is 1.29. The topological polar surface area (TPSA) is 64.1 Å². The Morgan fingerprint density at radius 3 is 2.71 bits per heavy atom. The zero-order valence-corrected chi connectivity index (χ0v) is 11.8. The predicted molar refractivity (Wildman–Crippen MR) is 79.1 cm³/mol. The smallest absolute Gasteiger partial charge is 0.350 e. The highest BCUT2D eigenvalue weighted by Crippen LogP contribution is 2.22. The molecule has 0 fully saturated rings. The van der Waals surface area contributed by atoms with Crippen LogP contribution in [0.2, 0.25) is 0 Å². The summed E-state index contributed by atoms with van der Waals surface area (Å²) in [4.78, 5) is 27.2. The van der Waals surface area contributed by atoms with Gasteiger partial charge in [-0.2, -0.15) is 0 Å². The number of Topliss-reactive ketones (excluding diaryl/α,β-unsaturated/α-hetero) is 1. The fraction of sp³-hybridized carbons (Fsp3) is 0.0667. The molecule has 0 bridgehead atoms. The first-order valence-corrected chi connectivity index (χ1v) is 7.18. The van der Waals surface area contributed by atoms with Crippen LogP contribution in [0.4, 0.5) is 0 Å². The van der Waals surface area contributed by atoms with E-state index in [9.17, 15) is 9.59 Å². The average Bonchev–Trinajstić information content (AvgIpc) is 3.25. The van der Waals surface area contributed by atoms with E-state index in [-0.39, 0.29) is 12.4 Å². The van der Waals surface area contributed by atoms with Crippen LogP contribution in [-0.2, 0) is 4.74 Å². The van der Waals surface area contributed by atoms with E-state index in [1.807, 2.05) is 40.5 Å². The van der Waals surface area contributed by atoms with Crippen molar-refractivity contribution in [3.8, 4) is 5.69 Å². The molecular formula is C15H12N2O3S. The first-order chi connectivity index (χ1) is 10.3. The van der Waals surface area contributed by atoms with Crippen LogP contribution in [0, 0.1) is 0 Å². The van der Waals surface area contributed by atoms with Crippen LogP contribution in [0.5, 0.6) is 0 Å². The second-order valence-corrected chi connectivity index (χ2v) is 5.22. The van der Waals surface area contributed by atoms with Gasteiger partial charge in [-0.15, -0.1) is 11.3 Å². The number of carbonyl (C=O) groups excluding carboxylic acids is 2. The fourth-order valence-electron chi connectivity index (χ4n) is 1.93. The van der Waals surface area contributed by atoms with Crippen molar-refractivity contribution >= 4 is 23.1 Å². The molecular weight excluding hydrogens is 288 g/mol. The lowest BCUT2D eigenvalue weighted by molar-refractivity contribution is 0.0478. The Hall–Kier alpha value is -2.60. The van der Waals surface area contributed by atoms with Crippen molar-refractivity contribution in [2.24, 2.45) is 0 Å². The van der Waals surface area contributed by atoms with Gasteiger partial charge in [-0.3, -0.25) is 4.79 Å². The Bertz CT molecular complexity index is 742. The highest BCUT2D eigenvalue weighted by molar-refractivity contribution is 7.12. The Balaban J connectivity index is 1.69. The second kappa shape index (κ2) is 5.80. The number of hydrogen-bond donors (Lipinski definition) is 1. The molecule has 3 rings (SSSR count). The zero-order chi connectivity index (χ0) is 14.7. The van der Waals surface area contributed by atoms with Gasteiger partial charge in [0.25, 0.3) is 0 Å². The summed E-state index contributed by atoms with van der Waals surface area (Å²) in [7, 11) is 0. The molecule has 106 valence electrons. The number of H-pyrrole nitrogens is 1. The van der Waals surface area contributed by atoms with Crippen molar-refractivity contribution in [1.82, 2.24) is 9.55 Å². The molecule has 0 amide bonds. The number of nitrogens with one attached hydrogen (secondary N) is 1. The normalized spacial score (nSPS) is 10.5. The number of ketones is 1. The molecule has 0 aromatic carbocycles. The van der Waals surface area contributed by atoms with Crippen molar-refractivity contribution in [2.45, 2.75) is 0 Å². The number of aromatic nitrogens is 2. The quantitative estimate of drug-likeness (QED) is 0.582. The van der Waals surface area contributed by atoms with Gasteiger partial charge in [-0.25, -0.2) is 4.79 Å². The van der Waals surface area contributed by atoms with E-state index in [0.717, 1.165) is 5.69 Å². The lowest BCUT2D eigenvalue weighted by atomic mass is 10.3. The first-order valence-electron chi connectivity index (χ1n) is 6.30. The molecule has 3 heterocycles. The molecule has 0 saturated heterocycles. The Morgan fingerprint density at radius 1 is 1.19 bits per heavy atom. The number of thiophene rings is 1. The van der Waals surface area contributed by atoms with Crippen molar-refractivity contribution in [1.29, 1.82) is 0 Å². The van der Waals surface area contributed by atoms with Gasteiger partial charge in [0.2, 0.25) is 5.78 Å². The third-order valence-electron chi connectivity index (χ3n) is 2.95. The Labute approximate surface area is 124 Å². The van der Waals surface area contributed by atoms with E-state index in [1.54, 1.807) is 18.3 Å². The van der Waals surface area contributed by atoms with Gasteiger partial charge in [-0.05, 0) is 35.7 Å². The molecule has 0 unspecified atom stereocenters. The molecule has 3 aromatic heterocycles. The molecule has 3 aromatic rings. The van der Waals surface area contributed by atoms with Crippen molar-refractivity contribution in [2.75, 3.05) is 6.61 Å². The largest absolute Gasteiger partial charge is 0.453 e. The standard InChI is InChI=1S/C15H12N2O3S/c18-13(11-4-3-6-16-11)10-20-15(19)14-12(5-9-21-14)17-7-1-2-8-17/h1-9,16H,10H2. The number of aromatic amines is 1. The summed E-state index contributed by atoms with van der Waals surface area (Å²) in [6.45, 7) is -0.275. The maximum atomic E-state index is 12.1. The number of ether oxygens (including phenoxy) is 1. The molecule has 0 atom stereocenters. The van der Waals surface area contributed by atoms with E-state index < -0.39 is 5.97 Å². The van der Waals surface area contributed by atoms with Crippen molar-refractivity contribution in [3.63, 3.8) is 0 Å². The van der Waals surface area contributed by atoms with Crippen molar-refractivity contribution < 1.29 is 14.3 Å². The van der Waals surface area contributed by atoms with Gasteiger partial charge >= 0.3 is 5.97 Å². The summed E-state index contributed by atoms with van der Waals surface area (Å²) in [5.41, 5.74) is 1.18. The lowest BCUT2D eigenvalue weighted by Gasteiger charge is -2.05. The van der Waals surface area contributed by atoms with Gasteiger partial charge in [-0.1, -0.05) is 0 Å². The van der Waals surface area contributed by atoms with Gasteiger partial charge < -0.3 is 14.3 Å². The molecule has 6 heteroatoms. The van der Waals surface area contributed by atoms with Gasteiger partial charge in [0.15, 0.2) is 6.61 Å². The molecule has 1 N–H and O–H groups in total. The number of hydrogen-bond acceptors (Lipinski definition) is 4. The lowest BCUT2D eigenvalue weighted by Crippen LogP contribution is -2.14. The summed E-state index contributed by atoms with van der Waals surface area (Å²) in [5.74, 6) is -0.749. The predicted octanol–water partition coefficient (Wildman–Crippen LogP) is 2.91. The first kappa shape index (κ1) is 13.4. The minimum absolute atomic E-state index is 0.257. The van der Waals surface area contributed by atoms with E-state index in [1.165, 1.54) is 11.3 Å². The van der Waals surface area contributed by atoms with Gasteiger partial charge in [0, 0.05) is 18.6 Å². The molecule has 5 nitrogen and oxygen atoms in total. The highest BCUT2D eigenvalue weighted by atomic mass is 32.1. The van der Waals surface area contributed by atoms with E-state index >= 15 is 0 Å². The number of nitrogens with zero attached hydrogens (tertiary/aromatic N) is 1. The SMILES string of the molecule is O=C(COC(=O)c1sccc1-n1cccc1)c1ccc[nH]1. The summed E-state index contributed by atoms with van der Waals surface area (Å²) in [5, 5.41) is 1.82. The van der Waals surface area contributed by atoms with Crippen LogP contribution in [0.3, 0.4) is 0 Å². The van der Waals surface area contributed by atoms with Crippen LogP contribution in [-0.4, -0.2) is 27.9 Å². The van der Waals surface area contributed by atoms with E-state index in [2.05, 4.69) is 4.98 Å². The maximum Gasteiger partial charge on any atom is 0.350 e. The van der Waals surface area contributed by atoms with Crippen LogP contribution in [0.25, 0.3) is 5.69 Å². The highest BCUT2D eigenvalue weighted by Gasteiger charge is 2.17. The van der Waals surface area contributed by atoms with Gasteiger partial charge in [0.05, 0.1) is 11.4 Å². The van der Waals surface area contributed by atoms with E-state index in [0.29, 0.717) is 10.6 Å². The monoisotopic (exact) mass is 300 g/mol. The molecule has 21 heavy (non-hydrogen) atoms. The summed E-state index contributed by atoms with van der Waals surface area (Å²) in [6.07, 6.45) is 5.35. The number of rotatable bonds is 5. The molecule has 0 radical (unpaired) electrons. The number of carbonyl (C=O) groups is 2. The van der Waals surface area contributed by atoms with Crippen LogP contribution >= 0.6 is 11.3 Å². The van der Waals surface area contributed by atoms with Crippen LogP contribution in [0.1, 0.15) is 20.2 Å². The third kappa shape index (κ3) is 2.80. The summed E-state index contributed by atoms with van der Waals surface area (Å²) in [6, 6.07) is 8.96. The van der Waals surface area contributed by atoms with Crippen LogP contribution in [0.15, 0.2) is 54.3 Å². The molecule has 0 aliphatic heterocycles. The Morgan fingerprint density at radius 2 is 2.00 bits per heavy atom. The minimum Gasteiger partial charge on any atom is -0.453 e.